The fraction of sp³-hybridized carbons (Fsp3) is 0.0714. The van der Waals surface area contributed by atoms with Gasteiger partial charge < -0.3 is 4.74 Å². The fourth-order valence-corrected chi connectivity index (χ4v) is 3.37. The van der Waals surface area contributed by atoms with Crippen molar-refractivity contribution in [3.8, 4) is 16.3 Å². The standard InChI is InChI=1S/C14H9ClFNOS2/c15-12-5-10(16)1-2-13(12)18-6-11-8-20-14(17-11)9-3-4-19-7-9/h1-5,7-8H,6H2. The van der Waals surface area contributed by atoms with E-state index in [1.807, 2.05) is 16.8 Å². The van der Waals surface area contributed by atoms with Crippen LogP contribution in [0.5, 0.6) is 5.75 Å². The second-order valence-electron chi connectivity index (χ2n) is 4.02. The Morgan fingerprint density at radius 2 is 2.15 bits per heavy atom. The van der Waals surface area contributed by atoms with Crippen LogP contribution < -0.4 is 4.74 Å². The third-order valence-corrected chi connectivity index (χ3v) is 4.51. The molecule has 20 heavy (non-hydrogen) atoms. The van der Waals surface area contributed by atoms with E-state index in [2.05, 4.69) is 10.4 Å². The van der Waals surface area contributed by atoms with Crippen LogP contribution in [-0.2, 0) is 6.61 Å². The van der Waals surface area contributed by atoms with Crippen LogP contribution in [0.1, 0.15) is 5.69 Å². The lowest BCUT2D eigenvalue weighted by Gasteiger charge is -2.06. The van der Waals surface area contributed by atoms with Crippen LogP contribution in [0.4, 0.5) is 4.39 Å². The van der Waals surface area contributed by atoms with Crippen molar-refractivity contribution >= 4 is 34.3 Å². The van der Waals surface area contributed by atoms with Crippen LogP contribution in [0.3, 0.4) is 0 Å². The molecule has 2 aromatic heterocycles. The Morgan fingerprint density at radius 3 is 2.90 bits per heavy atom. The molecular formula is C14H9ClFNOS2. The number of halogens is 2. The summed E-state index contributed by atoms with van der Waals surface area (Å²) >= 11 is 9.11. The Balaban J connectivity index is 1.70. The number of rotatable bonds is 4. The first-order valence-electron chi connectivity index (χ1n) is 5.77. The van der Waals surface area contributed by atoms with E-state index in [9.17, 15) is 4.39 Å². The van der Waals surface area contributed by atoms with E-state index in [1.54, 1.807) is 22.7 Å². The third kappa shape index (κ3) is 3.00. The van der Waals surface area contributed by atoms with Crippen LogP contribution in [-0.4, -0.2) is 4.98 Å². The summed E-state index contributed by atoms with van der Waals surface area (Å²) in [5.41, 5.74) is 1.95. The second kappa shape index (κ2) is 5.91. The normalized spacial score (nSPS) is 10.7. The van der Waals surface area contributed by atoms with Crippen molar-refractivity contribution < 1.29 is 9.13 Å². The molecule has 3 aromatic rings. The molecule has 0 fully saturated rings. The monoisotopic (exact) mass is 325 g/mol. The van der Waals surface area contributed by atoms with Gasteiger partial charge in [-0.2, -0.15) is 11.3 Å². The fourth-order valence-electron chi connectivity index (χ4n) is 1.64. The summed E-state index contributed by atoms with van der Waals surface area (Å²) in [4.78, 5) is 4.50. The number of nitrogens with zero attached hydrogens (tertiary/aromatic N) is 1. The maximum Gasteiger partial charge on any atom is 0.138 e. The number of thiazole rings is 1. The zero-order valence-electron chi connectivity index (χ0n) is 10.2. The van der Waals surface area contributed by atoms with Gasteiger partial charge in [-0.3, -0.25) is 0 Å². The predicted octanol–water partition coefficient (Wildman–Crippen LogP) is 5.24. The summed E-state index contributed by atoms with van der Waals surface area (Å²) in [5, 5.41) is 7.25. The number of hydrogen-bond acceptors (Lipinski definition) is 4. The van der Waals surface area contributed by atoms with Crippen LogP contribution >= 0.6 is 34.3 Å². The lowest BCUT2D eigenvalue weighted by atomic mass is 10.3. The van der Waals surface area contributed by atoms with Crippen LogP contribution in [0, 0.1) is 5.82 Å². The number of aromatic nitrogens is 1. The minimum atomic E-state index is -0.379. The Labute approximate surface area is 128 Å². The maximum absolute atomic E-state index is 12.9. The molecule has 0 amide bonds. The topological polar surface area (TPSA) is 22.1 Å². The van der Waals surface area contributed by atoms with E-state index < -0.39 is 0 Å². The van der Waals surface area contributed by atoms with E-state index >= 15 is 0 Å². The molecule has 3 rings (SSSR count). The lowest BCUT2D eigenvalue weighted by Crippen LogP contribution is -1.96. The molecule has 0 saturated carbocycles. The molecule has 2 nitrogen and oxygen atoms in total. The minimum absolute atomic E-state index is 0.262. The smallest absolute Gasteiger partial charge is 0.138 e. The van der Waals surface area contributed by atoms with E-state index in [4.69, 9.17) is 16.3 Å². The third-order valence-electron chi connectivity index (χ3n) is 2.59. The highest BCUT2D eigenvalue weighted by Crippen LogP contribution is 2.28. The SMILES string of the molecule is Fc1ccc(OCc2csc(-c3ccsc3)n2)c(Cl)c1. The largest absolute Gasteiger partial charge is 0.486 e. The molecule has 102 valence electrons. The van der Waals surface area contributed by atoms with Crippen molar-refractivity contribution in [2.45, 2.75) is 6.61 Å². The van der Waals surface area contributed by atoms with Gasteiger partial charge in [0.1, 0.15) is 23.2 Å². The summed E-state index contributed by atoms with van der Waals surface area (Å²) < 4.78 is 18.5. The van der Waals surface area contributed by atoms with Crippen molar-refractivity contribution in [2.75, 3.05) is 0 Å². The lowest BCUT2D eigenvalue weighted by molar-refractivity contribution is 0.302. The second-order valence-corrected chi connectivity index (χ2v) is 6.06. The summed E-state index contributed by atoms with van der Waals surface area (Å²) in [5.74, 6) is 0.0777. The van der Waals surface area contributed by atoms with E-state index in [1.165, 1.54) is 18.2 Å². The van der Waals surface area contributed by atoms with Crippen molar-refractivity contribution in [3.05, 3.63) is 56.9 Å². The average molecular weight is 326 g/mol. The molecule has 1 aromatic carbocycles. The predicted molar refractivity (Wildman–Crippen MR) is 81.2 cm³/mol. The van der Waals surface area contributed by atoms with Crippen LogP contribution in [0.15, 0.2) is 40.4 Å². The molecule has 6 heteroatoms. The van der Waals surface area contributed by atoms with E-state index in [0.29, 0.717) is 12.4 Å². The maximum atomic E-state index is 12.9. The Bertz CT molecular complexity index is 712. The molecule has 0 saturated heterocycles. The van der Waals surface area contributed by atoms with Crippen LogP contribution in [0.2, 0.25) is 5.02 Å². The van der Waals surface area contributed by atoms with Gasteiger partial charge >= 0.3 is 0 Å². The first kappa shape index (κ1) is 13.5. The van der Waals surface area contributed by atoms with Gasteiger partial charge in [-0.15, -0.1) is 11.3 Å². The van der Waals surface area contributed by atoms with E-state index in [0.717, 1.165) is 16.3 Å². The van der Waals surface area contributed by atoms with Gasteiger partial charge in [0.05, 0.1) is 10.7 Å². The molecule has 0 aliphatic carbocycles. The molecule has 0 N–H and O–H groups in total. The van der Waals surface area contributed by atoms with Gasteiger partial charge in [0.15, 0.2) is 0 Å². The van der Waals surface area contributed by atoms with Crippen molar-refractivity contribution in [2.24, 2.45) is 0 Å². The number of ether oxygens (including phenoxy) is 1. The molecule has 0 aliphatic heterocycles. The van der Waals surface area contributed by atoms with Gasteiger partial charge in [-0.05, 0) is 29.6 Å². The molecule has 0 unspecified atom stereocenters. The van der Waals surface area contributed by atoms with Crippen molar-refractivity contribution in [1.82, 2.24) is 4.98 Å². The zero-order chi connectivity index (χ0) is 13.9. The Hall–Kier alpha value is -1.43. The molecule has 0 radical (unpaired) electrons. The molecule has 2 heterocycles. The summed E-state index contributed by atoms with van der Waals surface area (Å²) in [7, 11) is 0. The zero-order valence-corrected chi connectivity index (χ0v) is 12.6. The highest BCUT2D eigenvalue weighted by molar-refractivity contribution is 7.14. The van der Waals surface area contributed by atoms with E-state index in [-0.39, 0.29) is 10.8 Å². The first-order chi connectivity index (χ1) is 9.72. The molecule has 0 aliphatic rings. The Kier molecular flexibility index (Phi) is 4.00. The van der Waals surface area contributed by atoms with Gasteiger partial charge in [0, 0.05) is 16.3 Å². The van der Waals surface area contributed by atoms with Gasteiger partial charge in [-0.1, -0.05) is 11.6 Å². The minimum Gasteiger partial charge on any atom is -0.486 e. The highest BCUT2D eigenvalue weighted by atomic mass is 35.5. The summed E-state index contributed by atoms with van der Waals surface area (Å²) in [6, 6.07) is 6.10. The van der Waals surface area contributed by atoms with Crippen molar-refractivity contribution in [3.63, 3.8) is 0 Å². The van der Waals surface area contributed by atoms with Gasteiger partial charge in [0.25, 0.3) is 0 Å². The number of benzene rings is 1. The quantitative estimate of drug-likeness (QED) is 0.654. The number of thiophene rings is 1. The first-order valence-corrected chi connectivity index (χ1v) is 7.97. The summed E-state index contributed by atoms with van der Waals surface area (Å²) in [6.07, 6.45) is 0. The average Bonchev–Trinajstić information content (AvgIpc) is 3.08. The van der Waals surface area contributed by atoms with Crippen molar-refractivity contribution in [1.29, 1.82) is 0 Å². The molecule has 0 bridgehead atoms. The molecule has 0 atom stereocenters. The highest BCUT2D eigenvalue weighted by Gasteiger charge is 2.07. The molecule has 0 spiro atoms. The molecular weight excluding hydrogens is 317 g/mol. The number of hydrogen-bond donors (Lipinski definition) is 0. The summed E-state index contributed by atoms with van der Waals surface area (Å²) in [6.45, 7) is 0.311. The Morgan fingerprint density at radius 1 is 1.25 bits per heavy atom. The van der Waals surface area contributed by atoms with Gasteiger partial charge in [0.2, 0.25) is 0 Å². The van der Waals surface area contributed by atoms with Crippen LogP contribution in [0.25, 0.3) is 10.6 Å². The van der Waals surface area contributed by atoms with Gasteiger partial charge in [-0.25, -0.2) is 9.37 Å².